The second kappa shape index (κ2) is 7.35. The number of hydrogen-bond acceptors (Lipinski definition) is 7. The van der Waals surface area contributed by atoms with Gasteiger partial charge in [0.2, 0.25) is 5.75 Å². The Hall–Kier alpha value is -3.37. The summed E-state index contributed by atoms with van der Waals surface area (Å²) in [5.41, 5.74) is 1.01. The highest BCUT2D eigenvalue weighted by atomic mass is 19.1. The average Bonchev–Trinajstić information content (AvgIpc) is 3.11. The van der Waals surface area contributed by atoms with Crippen molar-refractivity contribution < 1.29 is 33.6 Å². The Balaban J connectivity index is 1.69. The molecule has 2 fully saturated rings. The van der Waals surface area contributed by atoms with Crippen LogP contribution in [0.5, 0.6) is 17.2 Å². The third-order valence-corrected chi connectivity index (χ3v) is 5.89. The van der Waals surface area contributed by atoms with Crippen LogP contribution < -0.4 is 10.1 Å². The lowest BCUT2D eigenvalue weighted by Crippen LogP contribution is -2.49. The summed E-state index contributed by atoms with van der Waals surface area (Å²) in [6, 6.07) is 6.33. The minimum Gasteiger partial charge on any atom is -0.502 e. The van der Waals surface area contributed by atoms with E-state index in [1.807, 2.05) is 11.5 Å². The van der Waals surface area contributed by atoms with Gasteiger partial charge in [0.1, 0.15) is 5.82 Å². The van der Waals surface area contributed by atoms with Crippen molar-refractivity contribution in [3.8, 4) is 28.6 Å². The first-order valence-corrected chi connectivity index (χ1v) is 10.1. The number of ether oxygens (including phenoxy) is 3. The van der Waals surface area contributed by atoms with Gasteiger partial charge in [0.25, 0.3) is 5.91 Å². The first-order chi connectivity index (χ1) is 15.3. The molecule has 2 saturated heterocycles. The minimum atomic E-state index is -1.02. The van der Waals surface area contributed by atoms with Crippen LogP contribution in [-0.4, -0.2) is 65.3 Å². The average molecular weight is 443 g/mol. The predicted molar refractivity (Wildman–Crippen MR) is 112 cm³/mol. The quantitative estimate of drug-likeness (QED) is 0.518. The second-order valence-electron chi connectivity index (χ2n) is 8.31. The van der Waals surface area contributed by atoms with E-state index in [1.165, 1.54) is 13.2 Å². The van der Waals surface area contributed by atoms with Gasteiger partial charge < -0.3 is 34.3 Å². The molecular formula is C22H22FN3O6. The molecule has 3 heterocycles. The number of carbonyl (C=O) groups is 1. The first kappa shape index (κ1) is 20.5. The number of phenolic OH excluding ortho intramolecular Hbond substituents is 2. The van der Waals surface area contributed by atoms with Gasteiger partial charge in [0, 0.05) is 5.56 Å². The molecule has 0 aliphatic carbocycles. The van der Waals surface area contributed by atoms with Crippen LogP contribution in [0.2, 0.25) is 0 Å². The molecule has 0 radical (unpaired) electrons. The van der Waals surface area contributed by atoms with Gasteiger partial charge in [-0.3, -0.25) is 4.79 Å². The number of imidazole rings is 1. The number of nitrogens with one attached hydrogen (secondary N) is 1. The summed E-state index contributed by atoms with van der Waals surface area (Å²) in [4.78, 5) is 17.3. The van der Waals surface area contributed by atoms with Gasteiger partial charge >= 0.3 is 0 Å². The van der Waals surface area contributed by atoms with E-state index in [9.17, 15) is 15.0 Å². The Morgan fingerprint density at radius 1 is 1.25 bits per heavy atom. The molecule has 0 spiro atoms. The highest BCUT2D eigenvalue weighted by Gasteiger charge is 2.39. The van der Waals surface area contributed by atoms with Gasteiger partial charge in [0.15, 0.2) is 17.3 Å². The van der Waals surface area contributed by atoms with Crippen LogP contribution in [0.3, 0.4) is 0 Å². The van der Waals surface area contributed by atoms with Crippen molar-refractivity contribution in [1.82, 2.24) is 14.9 Å². The topological polar surface area (TPSA) is 115 Å². The molecule has 168 valence electrons. The number of halogens is 1. The van der Waals surface area contributed by atoms with Crippen LogP contribution in [0.1, 0.15) is 17.3 Å². The highest BCUT2D eigenvalue weighted by molar-refractivity contribution is 5.98. The number of aromatic nitrogens is 2. The molecular weight excluding hydrogens is 421 g/mol. The highest BCUT2D eigenvalue weighted by Crippen LogP contribution is 2.44. The van der Waals surface area contributed by atoms with Crippen molar-refractivity contribution in [3.05, 3.63) is 35.6 Å². The second-order valence-corrected chi connectivity index (χ2v) is 8.31. The van der Waals surface area contributed by atoms with Gasteiger partial charge in [-0.2, -0.15) is 0 Å². The molecule has 1 amide bonds. The maximum atomic E-state index is 15.1. The number of hydrogen-bond donors (Lipinski definition) is 3. The Kier molecular flexibility index (Phi) is 4.72. The predicted octanol–water partition coefficient (Wildman–Crippen LogP) is 2.14. The Labute approximate surface area is 182 Å². The van der Waals surface area contributed by atoms with E-state index in [1.54, 1.807) is 18.2 Å². The zero-order valence-corrected chi connectivity index (χ0v) is 17.5. The number of benzene rings is 2. The summed E-state index contributed by atoms with van der Waals surface area (Å²) < 4.78 is 32.5. The van der Waals surface area contributed by atoms with E-state index >= 15 is 4.39 Å². The summed E-state index contributed by atoms with van der Waals surface area (Å²) in [5, 5.41) is 23.0. The van der Waals surface area contributed by atoms with Crippen molar-refractivity contribution in [3.63, 3.8) is 0 Å². The fourth-order valence-electron chi connectivity index (χ4n) is 3.99. The SMILES string of the molecule is COc1cc(-c2nc3ccc(C(=O)NC4COC4)cc3n2C2(C)COC2)c(F)c(O)c1O. The molecule has 0 bridgehead atoms. The number of fused-ring (bicyclic) bond motifs is 1. The van der Waals surface area contributed by atoms with Crippen molar-refractivity contribution in [2.24, 2.45) is 0 Å². The Morgan fingerprint density at radius 3 is 2.59 bits per heavy atom. The lowest BCUT2D eigenvalue weighted by atomic mass is 9.98. The Morgan fingerprint density at radius 2 is 2.00 bits per heavy atom. The van der Waals surface area contributed by atoms with Crippen LogP contribution in [0, 0.1) is 5.82 Å². The lowest BCUT2D eigenvalue weighted by molar-refractivity contribution is -0.0868. The van der Waals surface area contributed by atoms with Crippen LogP contribution in [0.4, 0.5) is 4.39 Å². The van der Waals surface area contributed by atoms with Gasteiger partial charge in [-0.25, -0.2) is 9.37 Å². The largest absolute Gasteiger partial charge is 0.502 e. The summed E-state index contributed by atoms with van der Waals surface area (Å²) in [5.74, 6) is -2.73. The van der Waals surface area contributed by atoms with E-state index in [0.29, 0.717) is 43.0 Å². The molecule has 2 aliphatic heterocycles. The molecule has 0 saturated carbocycles. The third kappa shape index (κ3) is 3.06. The number of methoxy groups -OCH3 is 1. The smallest absolute Gasteiger partial charge is 0.251 e. The molecule has 9 nitrogen and oxygen atoms in total. The lowest BCUT2D eigenvalue weighted by Gasteiger charge is -2.40. The van der Waals surface area contributed by atoms with E-state index in [0.717, 1.165) is 0 Å². The monoisotopic (exact) mass is 443 g/mol. The molecule has 1 aromatic heterocycles. The van der Waals surface area contributed by atoms with E-state index in [-0.39, 0.29) is 29.1 Å². The number of nitrogens with zero attached hydrogens (tertiary/aromatic N) is 2. The zero-order chi connectivity index (χ0) is 22.6. The fourth-order valence-corrected chi connectivity index (χ4v) is 3.99. The van der Waals surface area contributed by atoms with Gasteiger partial charge in [-0.1, -0.05) is 0 Å². The third-order valence-electron chi connectivity index (χ3n) is 5.89. The molecule has 3 aromatic rings. The number of rotatable bonds is 5. The maximum Gasteiger partial charge on any atom is 0.251 e. The molecule has 5 rings (SSSR count). The van der Waals surface area contributed by atoms with Gasteiger partial charge in [-0.05, 0) is 31.2 Å². The number of aromatic hydroxyl groups is 2. The van der Waals surface area contributed by atoms with E-state index in [4.69, 9.17) is 14.2 Å². The first-order valence-electron chi connectivity index (χ1n) is 10.1. The van der Waals surface area contributed by atoms with E-state index < -0.39 is 22.9 Å². The molecule has 2 aromatic carbocycles. The van der Waals surface area contributed by atoms with E-state index in [2.05, 4.69) is 10.3 Å². The normalized spacial score (nSPS) is 17.6. The fraction of sp³-hybridized carbons (Fsp3) is 0.364. The summed E-state index contributed by atoms with van der Waals surface area (Å²) in [6.45, 7) is 3.64. The molecule has 0 atom stereocenters. The Bertz CT molecular complexity index is 1230. The van der Waals surface area contributed by atoms with Crippen LogP contribution >= 0.6 is 0 Å². The van der Waals surface area contributed by atoms with Crippen LogP contribution in [0.25, 0.3) is 22.4 Å². The maximum absolute atomic E-state index is 15.1. The van der Waals surface area contributed by atoms with Crippen LogP contribution in [-0.2, 0) is 15.0 Å². The molecule has 2 aliphatic rings. The molecule has 3 N–H and O–H groups in total. The van der Waals surface area contributed by atoms with Crippen molar-refractivity contribution in [2.75, 3.05) is 33.5 Å². The minimum absolute atomic E-state index is 0.0160. The summed E-state index contributed by atoms with van der Waals surface area (Å²) in [6.07, 6.45) is 0. The van der Waals surface area contributed by atoms with Crippen molar-refractivity contribution in [2.45, 2.75) is 18.5 Å². The standard InChI is InChI=1S/C22H22FN3O6/c1-22(9-32-10-22)26-15-5-11(21(29)24-12-7-31-8-12)3-4-14(15)25-20(26)13-6-16(30-2)18(27)19(28)17(13)23/h3-6,12,27-28H,7-10H2,1-2H3,(H,24,29). The summed E-state index contributed by atoms with van der Waals surface area (Å²) >= 11 is 0. The number of amides is 1. The molecule has 0 unspecified atom stereocenters. The zero-order valence-electron chi connectivity index (χ0n) is 17.5. The van der Waals surface area contributed by atoms with Gasteiger partial charge in [-0.15, -0.1) is 0 Å². The number of carbonyl (C=O) groups excluding carboxylic acids is 1. The molecule has 32 heavy (non-hydrogen) atoms. The van der Waals surface area contributed by atoms with Crippen molar-refractivity contribution >= 4 is 16.9 Å². The summed E-state index contributed by atoms with van der Waals surface area (Å²) in [7, 11) is 1.30. The molecule has 10 heteroatoms. The van der Waals surface area contributed by atoms with Gasteiger partial charge in [0.05, 0.1) is 61.7 Å². The van der Waals surface area contributed by atoms with Crippen molar-refractivity contribution in [1.29, 1.82) is 0 Å². The number of phenols is 2. The van der Waals surface area contributed by atoms with Crippen LogP contribution in [0.15, 0.2) is 24.3 Å².